The number of rotatable bonds is 4. The highest BCUT2D eigenvalue weighted by Crippen LogP contribution is 2.27. The number of nitrogen functional groups attached to an aromatic ring is 1. The molecule has 1 aromatic heterocycles. The Bertz CT molecular complexity index is 462. The maximum Gasteiger partial charge on any atom is 0.276 e. The number of nitrogens with one attached hydrogen (secondary N) is 1. The van der Waals surface area contributed by atoms with Crippen molar-refractivity contribution < 1.29 is 4.92 Å². The first-order valence-electron chi connectivity index (χ1n) is 6.05. The van der Waals surface area contributed by atoms with Crippen molar-refractivity contribution in [3.63, 3.8) is 0 Å². The summed E-state index contributed by atoms with van der Waals surface area (Å²) in [5, 5.41) is 11.6. The number of hydrogen-bond donors (Lipinski definition) is 2. The van der Waals surface area contributed by atoms with E-state index >= 15 is 0 Å². The Morgan fingerprint density at radius 2 is 2.21 bits per heavy atom. The van der Waals surface area contributed by atoms with Crippen molar-refractivity contribution in [2.45, 2.75) is 18.1 Å². The molecule has 1 aromatic rings. The van der Waals surface area contributed by atoms with Gasteiger partial charge in [0, 0.05) is 18.3 Å². The minimum Gasteiger partial charge on any atom is -0.356 e. The van der Waals surface area contributed by atoms with E-state index in [2.05, 4.69) is 21.6 Å². The van der Waals surface area contributed by atoms with Crippen LogP contribution < -0.4 is 16.2 Å². The topological polar surface area (TPSA) is 97.3 Å². The van der Waals surface area contributed by atoms with Crippen molar-refractivity contribution in [1.82, 2.24) is 4.98 Å². The first-order valence-corrected chi connectivity index (χ1v) is 7.33. The molecule has 0 spiro atoms. The summed E-state index contributed by atoms with van der Waals surface area (Å²) in [5.41, 5.74) is 2.38. The Morgan fingerprint density at radius 1 is 1.53 bits per heavy atom. The van der Waals surface area contributed by atoms with Crippen LogP contribution in [-0.2, 0) is 0 Å². The highest BCUT2D eigenvalue weighted by molar-refractivity contribution is 7.99. The van der Waals surface area contributed by atoms with Crippen molar-refractivity contribution in [3.05, 3.63) is 22.2 Å². The Morgan fingerprint density at radius 3 is 2.74 bits per heavy atom. The van der Waals surface area contributed by atoms with Gasteiger partial charge in [0.2, 0.25) is 0 Å². The number of aromatic nitrogens is 1. The molecule has 104 valence electrons. The second kappa shape index (κ2) is 6.07. The van der Waals surface area contributed by atoms with Gasteiger partial charge in [-0.3, -0.25) is 10.1 Å². The molecule has 8 heteroatoms. The third kappa shape index (κ3) is 3.27. The zero-order chi connectivity index (χ0) is 13.8. The number of pyridine rings is 1. The van der Waals surface area contributed by atoms with Crippen LogP contribution in [0.5, 0.6) is 0 Å². The molecular weight excluding hydrogens is 266 g/mol. The van der Waals surface area contributed by atoms with Crippen LogP contribution >= 0.6 is 11.8 Å². The van der Waals surface area contributed by atoms with E-state index in [0.717, 1.165) is 25.9 Å². The van der Waals surface area contributed by atoms with Gasteiger partial charge in [-0.25, -0.2) is 10.8 Å². The van der Waals surface area contributed by atoms with Crippen LogP contribution in [0.1, 0.15) is 12.8 Å². The smallest absolute Gasteiger partial charge is 0.276 e. The van der Waals surface area contributed by atoms with Gasteiger partial charge in [0.05, 0.1) is 17.1 Å². The summed E-state index contributed by atoms with van der Waals surface area (Å²) in [6, 6.07) is 2.83. The van der Waals surface area contributed by atoms with Gasteiger partial charge < -0.3 is 10.3 Å². The molecule has 2 heterocycles. The predicted molar refractivity (Wildman–Crippen MR) is 77.5 cm³/mol. The maximum atomic E-state index is 10.9. The van der Waals surface area contributed by atoms with E-state index < -0.39 is 4.92 Å². The van der Waals surface area contributed by atoms with E-state index in [0.29, 0.717) is 16.9 Å². The number of nitrogens with zero attached hydrogens (tertiary/aromatic N) is 3. The average molecular weight is 283 g/mol. The lowest BCUT2D eigenvalue weighted by molar-refractivity contribution is -0.384. The molecule has 7 nitrogen and oxygen atoms in total. The van der Waals surface area contributed by atoms with Crippen molar-refractivity contribution in [1.29, 1.82) is 0 Å². The summed E-state index contributed by atoms with van der Waals surface area (Å²) in [4.78, 5) is 16.8. The summed E-state index contributed by atoms with van der Waals surface area (Å²) < 4.78 is 0. The Labute approximate surface area is 115 Å². The normalized spacial score (nSPS) is 16.4. The third-order valence-corrected chi connectivity index (χ3v) is 4.39. The molecule has 0 unspecified atom stereocenters. The molecule has 2 rings (SSSR count). The molecule has 0 aliphatic carbocycles. The number of nitro groups is 1. The molecule has 1 saturated heterocycles. The summed E-state index contributed by atoms with van der Waals surface area (Å²) in [6.45, 7) is 1.73. The van der Waals surface area contributed by atoms with Crippen molar-refractivity contribution in [3.8, 4) is 0 Å². The van der Waals surface area contributed by atoms with Gasteiger partial charge in [-0.2, -0.15) is 11.8 Å². The van der Waals surface area contributed by atoms with Crippen LogP contribution in [0.25, 0.3) is 0 Å². The fourth-order valence-electron chi connectivity index (χ4n) is 2.16. The number of anilines is 2. The fraction of sp³-hybridized carbons (Fsp3) is 0.545. The molecule has 1 fully saturated rings. The van der Waals surface area contributed by atoms with Gasteiger partial charge in [0.25, 0.3) is 5.69 Å². The molecule has 3 N–H and O–H groups in total. The third-order valence-electron chi connectivity index (χ3n) is 3.25. The van der Waals surface area contributed by atoms with Crippen LogP contribution in [0.2, 0.25) is 0 Å². The lowest BCUT2D eigenvalue weighted by atomic mass is 10.1. The van der Waals surface area contributed by atoms with E-state index in [1.54, 1.807) is 0 Å². The van der Waals surface area contributed by atoms with Gasteiger partial charge in [-0.05, 0) is 19.1 Å². The largest absolute Gasteiger partial charge is 0.356 e. The highest BCUT2D eigenvalue weighted by Gasteiger charge is 2.21. The number of hydrazine groups is 1. The quantitative estimate of drug-likeness (QED) is 0.492. The SMILES string of the molecule is CSC1CCN(c2cc([N+](=O)[O-])cc(NN)n2)CC1. The first kappa shape index (κ1) is 13.9. The summed E-state index contributed by atoms with van der Waals surface area (Å²) in [7, 11) is 0. The lowest BCUT2D eigenvalue weighted by Crippen LogP contribution is -2.35. The predicted octanol–water partition coefficient (Wildman–Crippen LogP) is 1.61. The summed E-state index contributed by atoms with van der Waals surface area (Å²) in [5.74, 6) is 6.23. The highest BCUT2D eigenvalue weighted by atomic mass is 32.2. The second-order valence-electron chi connectivity index (χ2n) is 4.39. The fourth-order valence-corrected chi connectivity index (χ4v) is 2.85. The molecule has 0 saturated carbocycles. The van der Waals surface area contributed by atoms with Gasteiger partial charge in [-0.15, -0.1) is 0 Å². The van der Waals surface area contributed by atoms with Gasteiger partial charge in [-0.1, -0.05) is 0 Å². The van der Waals surface area contributed by atoms with Crippen LogP contribution in [0.4, 0.5) is 17.3 Å². The monoisotopic (exact) mass is 283 g/mol. The molecule has 19 heavy (non-hydrogen) atoms. The van der Waals surface area contributed by atoms with Crippen LogP contribution in [0.3, 0.4) is 0 Å². The molecule has 0 radical (unpaired) electrons. The molecule has 0 amide bonds. The Kier molecular flexibility index (Phi) is 4.43. The molecular formula is C11H17N5O2S. The van der Waals surface area contributed by atoms with Crippen LogP contribution in [-0.4, -0.2) is 34.5 Å². The van der Waals surface area contributed by atoms with E-state index in [1.807, 2.05) is 11.8 Å². The minimum atomic E-state index is -0.430. The molecule has 0 aromatic carbocycles. The standard InChI is InChI=1S/C11H17N5O2S/c1-19-9-2-4-15(5-3-9)11-7-8(16(17)18)6-10(13-11)14-12/h6-7,9H,2-5,12H2,1H3,(H,13,14). The van der Waals surface area contributed by atoms with Gasteiger partial charge in [0.15, 0.2) is 0 Å². The summed E-state index contributed by atoms with van der Waals surface area (Å²) >= 11 is 1.87. The number of hydrogen-bond acceptors (Lipinski definition) is 7. The lowest BCUT2D eigenvalue weighted by Gasteiger charge is -2.32. The number of piperidine rings is 1. The van der Waals surface area contributed by atoms with E-state index in [1.165, 1.54) is 12.1 Å². The average Bonchev–Trinajstić information content (AvgIpc) is 2.46. The molecule has 1 aliphatic rings. The zero-order valence-corrected chi connectivity index (χ0v) is 11.5. The Balaban J connectivity index is 2.20. The molecule has 0 atom stereocenters. The minimum absolute atomic E-state index is 0.00457. The van der Waals surface area contributed by atoms with Gasteiger partial charge in [0.1, 0.15) is 11.6 Å². The second-order valence-corrected chi connectivity index (χ2v) is 5.53. The first-order chi connectivity index (χ1) is 9.13. The van der Waals surface area contributed by atoms with Gasteiger partial charge >= 0.3 is 0 Å². The van der Waals surface area contributed by atoms with Crippen molar-refractivity contribution >= 4 is 29.1 Å². The van der Waals surface area contributed by atoms with E-state index in [4.69, 9.17) is 5.84 Å². The maximum absolute atomic E-state index is 10.9. The molecule has 1 aliphatic heterocycles. The van der Waals surface area contributed by atoms with Crippen LogP contribution in [0.15, 0.2) is 12.1 Å². The Hall–Kier alpha value is -1.54. The van der Waals surface area contributed by atoms with E-state index in [-0.39, 0.29) is 5.69 Å². The van der Waals surface area contributed by atoms with Crippen molar-refractivity contribution in [2.24, 2.45) is 5.84 Å². The number of thioether (sulfide) groups is 1. The number of nitrogens with two attached hydrogens (primary N) is 1. The van der Waals surface area contributed by atoms with Crippen molar-refractivity contribution in [2.75, 3.05) is 29.7 Å². The van der Waals surface area contributed by atoms with E-state index in [9.17, 15) is 10.1 Å². The summed E-state index contributed by atoms with van der Waals surface area (Å²) in [6.07, 6.45) is 4.25. The van der Waals surface area contributed by atoms with Crippen LogP contribution in [0, 0.1) is 10.1 Å². The molecule has 0 bridgehead atoms. The zero-order valence-electron chi connectivity index (χ0n) is 10.7.